The summed E-state index contributed by atoms with van der Waals surface area (Å²) >= 11 is 72.7. The molecule has 20 heteroatoms. The molecule has 0 spiro atoms. The molecule has 4 aliphatic carbocycles. The predicted molar refractivity (Wildman–Crippen MR) is 155 cm³/mol. The Labute approximate surface area is 282 Å². The fraction of sp³-hybridized carbons (Fsp3) is 0.778. The first-order valence-electron chi connectivity index (χ1n) is 10.4. The minimum Gasteiger partial charge on any atom is -0.268 e. The highest BCUT2D eigenvalue weighted by atomic mass is 35.5. The molecule has 6 rings (SSSR count). The van der Waals surface area contributed by atoms with Crippen molar-refractivity contribution in [2.24, 2.45) is 23.7 Å². The van der Waals surface area contributed by atoms with Gasteiger partial charge in [-0.25, -0.2) is 0 Å². The van der Waals surface area contributed by atoms with Crippen molar-refractivity contribution in [3.63, 3.8) is 0 Å². The van der Waals surface area contributed by atoms with Gasteiger partial charge < -0.3 is 0 Å². The standard InChI is InChI=1S/2C9H6Cl6O3S/c2*10-5-6(11)8(13)4-2-18-19(16)17-1-3(4)7(5,12)9(8,14)15/h2*3-4H,1-2H2/t2*3-,4+,7+,8-,19?. The Kier molecular flexibility index (Phi) is 8.82. The van der Waals surface area contributed by atoms with Crippen LogP contribution in [0.4, 0.5) is 0 Å². The third-order valence-corrected chi connectivity index (χ3v) is 17.9. The molecule has 4 bridgehead atoms. The molecular weight excluding hydrogens is 802 g/mol. The van der Waals surface area contributed by atoms with Gasteiger partial charge in [0, 0.05) is 23.7 Å². The Morgan fingerprint density at radius 1 is 0.474 bits per heavy atom. The zero-order valence-corrected chi connectivity index (χ0v) is 28.6. The van der Waals surface area contributed by atoms with Gasteiger partial charge in [0.15, 0.2) is 8.67 Å². The number of hydrogen-bond acceptors (Lipinski definition) is 6. The van der Waals surface area contributed by atoms with Crippen molar-refractivity contribution in [3.05, 3.63) is 20.1 Å². The topological polar surface area (TPSA) is 71.1 Å². The molecule has 2 saturated carbocycles. The highest BCUT2D eigenvalue weighted by molar-refractivity contribution is 7.75. The molecule has 38 heavy (non-hydrogen) atoms. The highest BCUT2D eigenvalue weighted by Crippen LogP contribution is 2.77. The Hall–Kier alpha value is 3.10. The van der Waals surface area contributed by atoms with Crippen molar-refractivity contribution < 1.29 is 25.2 Å². The molecule has 4 fully saturated rings. The lowest BCUT2D eigenvalue weighted by Crippen LogP contribution is -2.45. The van der Waals surface area contributed by atoms with Crippen LogP contribution in [-0.2, 0) is 39.5 Å². The van der Waals surface area contributed by atoms with Gasteiger partial charge in [0.25, 0.3) is 0 Å². The van der Waals surface area contributed by atoms with Gasteiger partial charge in [-0.15, -0.1) is 46.4 Å². The van der Waals surface area contributed by atoms with E-state index in [1.165, 1.54) is 0 Å². The second-order valence-electron chi connectivity index (χ2n) is 9.22. The smallest absolute Gasteiger partial charge is 0.268 e. The molecule has 6 nitrogen and oxygen atoms in total. The summed E-state index contributed by atoms with van der Waals surface area (Å²) < 4.78 is 39.5. The van der Waals surface area contributed by atoms with Crippen molar-refractivity contribution in [2.75, 3.05) is 26.4 Å². The van der Waals surface area contributed by atoms with Crippen molar-refractivity contribution in [2.45, 2.75) is 28.2 Å². The van der Waals surface area contributed by atoms with Crippen molar-refractivity contribution >= 4 is 162 Å². The van der Waals surface area contributed by atoms with E-state index in [2.05, 4.69) is 0 Å². The summed E-state index contributed by atoms with van der Waals surface area (Å²) in [7, 11) is 0. The van der Waals surface area contributed by atoms with Crippen molar-refractivity contribution in [1.82, 2.24) is 0 Å². The average Bonchev–Trinajstić information content (AvgIpc) is 3.11. The summed E-state index contributed by atoms with van der Waals surface area (Å²) in [4.78, 5) is -5.56. The number of rotatable bonds is 0. The average molecular weight is 814 g/mol. The number of hydrogen-bond donors (Lipinski definition) is 0. The summed E-state index contributed by atoms with van der Waals surface area (Å²) in [5.41, 5.74) is 0. The van der Waals surface area contributed by atoms with Gasteiger partial charge in [0.05, 0.1) is 46.6 Å². The summed E-state index contributed by atoms with van der Waals surface area (Å²) in [5, 5.41) is 0.420. The third-order valence-electron chi connectivity index (χ3n) is 7.88. The van der Waals surface area contributed by atoms with Gasteiger partial charge >= 0.3 is 22.7 Å². The third kappa shape index (κ3) is 3.75. The first kappa shape index (κ1) is 32.5. The van der Waals surface area contributed by atoms with Crippen molar-refractivity contribution in [3.8, 4) is 0 Å². The lowest BCUT2D eigenvalue weighted by atomic mass is 9.83. The van der Waals surface area contributed by atoms with Crippen LogP contribution in [0.1, 0.15) is 0 Å². The normalized spacial score (nSPS) is 52.2. The van der Waals surface area contributed by atoms with E-state index in [0.717, 1.165) is 0 Å². The molecule has 0 aromatic heterocycles. The minimum absolute atomic E-state index is 0.0107. The Balaban J connectivity index is 0.000000155. The monoisotopic (exact) mass is 808 g/mol. The van der Waals surface area contributed by atoms with Crippen LogP contribution in [0.2, 0.25) is 0 Å². The highest BCUT2D eigenvalue weighted by Gasteiger charge is 2.83. The maximum Gasteiger partial charge on any atom is 0.304 e. The Morgan fingerprint density at radius 3 is 0.842 bits per heavy atom. The quantitative estimate of drug-likeness (QED) is 0.238. The van der Waals surface area contributed by atoms with E-state index < -0.39 is 74.6 Å². The molecule has 216 valence electrons. The van der Waals surface area contributed by atoms with Gasteiger partial charge in [-0.1, -0.05) is 92.8 Å². The van der Waals surface area contributed by atoms with E-state index in [4.69, 9.17) is 156 Å². The maximum atomic E-state index is 11.3. The van der Waals surface area contributed by atoms with Gasteiger partial charge in [0.2, 0.25) is 0 Å². The maximum absolute atomic E-state index is 11.3. The van der Waals surface area contributed by atoms with Crippen LogP contribution in [0.15, 0.2) is 20.1 Å². The number of alkyl halides is 8. The fourth-order valence-corrected chi connectivity index (χ4v) is 13.2. The van der Waals surface area contributed by atoms with Crippen LogP contribution >= 0.6 is 139 Å². The summed E-state index contributed by atoms with van der Waals surface area (Å²) in [6, 6.07) is 0. The minimum atomic E-state index is -1.86. The number of fused-ring (bicyclic) bond motifs is 10. The first-order valence-corrected chi connectivity index (χ1v) is 16.9. The first-order chi connectivity index (χ1) is 17.4. The molecule has 6 aliphatic rings. The second kappa shape index (κ2) is 10.3. The predicted octanol–water partition coefficient (Wildman–Crippen LogP) is 7.38. The second-order valence-corrected chi connectivity index (χ2v) is 17.5. The molecule has 2 unspecified atom stereocenters. The summed E-state index contributed by atoms with van der Waals surface area (Å²) in [5.74, 6) is -1.82. The van der Waals surface area contributed by atoms with E-state index in [1.54, 1.807) is 0 Å². The Morgan fingerprint density at radius 2 is 0.658 bits per heavy atom. The molecule has 0 radical (unpaired) electrons. The van der Waals surface area contributed by atoms with Crippen LogP contribution < -0.4 is 0 Å². The molecule has 2 aliphatic heterocycles. The van der Waals surface area contributed by atoms with Gasteiger partial charge in [-0.05, 0) is 0 Å². The van der Waals surface area contributed by atoms with E-state index in [0.29, 0.717) is 0 Å². The van der Waals surface area contributed by atoms with Gasteiger partial charge in [-0.3, -0.25) is 16.7 Å². The molecule has 0 aromatic rings. The lowest BCUT2D eigenvalue weighted by molar-refractivity contribution is 0.207. The SMILES string of the molecule is O=S1OC[C@@H]2[C@H](CO1)[C@@]1(Cl)C(Cl)=C(Cl)[C@]2(Cl)C1(Cl)Cl.O=S1OC[C@@H]2[C@H](CO1)[C@@]1(Cl)C(Cl)=C(Cl)[C@]2(Cl)C1(Cl)Cl. The van der Waals surface area contributed by atoms with E-state index in [9.17, 15) is 8.42 Å². The molecule has 10 atom stereocenters. The number of halogens is 12. The fourth-order valence-electron chi connectivity index (χ4n) is 5.92. The summed E-state index contributed by atoms with van der Waals surface area (Å²) in [6.45, 7) is 0.0430. The molecule has 0 amide bonds. The molecule has 0 N–H and O–H groups in total. The zero-order chi connectivity index (χ0) is 28.4. The van der Waals surface area contributed by atoms with Crippen LogP contribution in [0, 0.1) is 23.7 Å². The van der Waals surface area contributed by atoms with E-state index >= 15 is 0 Å². The molecule has 2 heterocycles. The van der Waals surface area contributed by atoms with Gasteiger partial charge in [-0.2, -0.15) is 8.42 Å². The largest absolute Gasteiger partial charge is 0.304 e. The van der Waals surface area contributed by atoms with E-state index in [-0.39, 0.29) is 46.6 Å². The molecule has 0 aromatic carbocycles. The van der Waals surface area contributed by atoms with Crippen LogP contribution in [0.5, 0.6) is 0 Å². The molecule has 2 saturated heterocycles. The molecular formula is C18H12Cl12O6S2. The van der Waals surface area contributed by atoms with Gasteiger partial charge in [0.1, 0.15) is 19.5 Å². The van der Waals surface area contributed by atoms with Crippen LogP contribution in [0.25, 0.3) is 0 Å². The number of allylic oxidation sites excluding steroid dienone is 4. The lowest BCUT2D eigenvalue weighted by Gasteiger charge is -2.33. The summed E-state index contributed by atoms with van der Waals surface area (Å²) in [6.07, 6.45) is 0. The van der Waals surface area contributed by atoms with Crippen LogP contribution in [0.3, 0.4) is 0 Å². The van der Waals surface area contributed by atoms with Crippen LogP contribution in [-0.4, -0.2) is 63.0 Å². The zero-order valence-electron chi connectivity index (χ0n) is 17.9. The van der Waals surface area contributed by atoms with Crippen molar-refractivity contribution in [1.29, 1.82) is 0 Å². The Bertz CT molecular complexity index is 1030. The van der Waals surface area contributed by atoms with E-state index in [1.807, 2.05) is 0 Å².